The molecular weight excluding hydrogens is 883 g/mol. The van der Waals surface area contributed by atoms with E-state index in [9.17, 15) is 39.3 Å². The van der Waals surface area contributed by atoms with Gasteiger partial charge in [0.25, 0.3) is 0 Å². The molecule has 17 heteroatoms. The van der Waals surface area contributed by atoms with E-state index >= 15 is 4.79 Å². The Hall–Kier alpha value is -5.62. The molecule has 3 aliphatic carbocycles. The third-order valence-electron chi connectivity index (χ3n) is 13.9. The average molecular weight is 948 g/mol. The third kappa shape index (κ3) is 9.80. The fourth-order valence-corrected chi connectivity index (χ4v) is 10.5. The zero-order chi connectivity index (χ0) is 50.3. The molecule has 6 rings (SSSR count). The minimum Gasteiger partial charge on any atom is -0.497 e. The number of fused-ring (bicyclic) bond motifs is 5. The highest BCUT2D eigenvalue weighted by Gasteiger charge is 2.78. The molecule has 68 heavy (non-hydrogen) atoms. The number of aliphatic hydroxyl groups is 3. The second-order valence-electron chi connectivity index (χ2n) is 20.3. The lowest BCUT2D eigenvalue weighted by Gasteiger charge is -2.67. The van der Waals surface area contributed by atoms with E-state index < -0.39 is 118 Å². The van der Waals surface area contributed by atoms with E-state index in [-0.39, 0.29) is 42.6 Å². The number of alkyl carbamates (subject to hydrolysis) is 1. The van der Waals surface area contributed by atoms with Crippen molar-refractivity contribution >= 4 is 35.8 Å². The van der Waals surface area contributed by atoms with Crippen molar-refractivity contribution in [2.45, 2.75) is 154 Å². The Bertz CT molecular complexity index is 2350. The smallest absolute Gasteiger partial charge is 0.408 e. The van der Waals surface area contributed by atoms with Crippen LogP contribution in [0.4, 0.5) is 4.79 Å². The number of aliphatic hydroxyl groups excluding tert-OH is 2. The van der Waals surface area contributed by atoms with Gasteiger partial charge in [-0.3, -0.25) is 14.4 Å². The Labute approximate surface area is 396 Å². The van der Waals surface area contributed by atoms with Crippen LogP contribution in [-0.4, -0.2) is 124 Å². The van der Waals surface area contributed by atoms with Crippen molar-refractivity contribution in [3.63, 3.8) is 0 Å². The molecule has 1 amide bonds. The summed E-state index contributed by atoms with van der Waals surface area (Å²) in [4.78, 5) is 84.9. The van der Waals surface area contributed by atoms with Crippen LogP contribution in [0.2, 0.25) is 0 Å². The van der Waals surface area contributed by atoms with Gasteiger partial charge in [-0.2, -0.15) is 0 Å². The van der Waals surface area contributed by atoms with Crippen molar-refractivity contribution in [2.75, 3.05) is 13.7 Å². The third-order valence-corrected chi connectivity index (χ3v) is 13.9. The monoisotopic (exact) mass is 947 g/mol. The number of rotatable bonds is 13. The van der Waals surface area contributed by atoms with Crippen LogP contribution in [0.15, 0.2) is 77.4 Å². The van der Waals surface area contributed by atoms with E-state index in [4.69, 9.17) is 33.2 Å². The maximum atomic E-state index is 15.9. The summed E-state index contributed by atoms with van der Waals surface area (Å²) in [5.41, 5.74) is -7.46. The minimum absolute atomic E-state index is 0.0212. The van der Waals surface area contributed by atoms with Crippen LogP contribution in [0, 0.1) is 16.7 Å². The van der Waals surface area contributed by atoms with Crippen molar-refractivity contribution in [3.05, 3.63) is 88.5 Å². The molecular formula is C51H65NO16. The number of amides is 1. The molecule has 1 heterocycles. The zero-order valence-electron chi connectivity index (χ0n) is 40.6. The number of benzene rings is 2. The number of hydrogen-bond acceptors (Lipinski definition) is 16. The lowest BCUT2D eigenvalue weighted by molar-refractivity contribution is -0.346. The van der Waals surface area contributed by atoms with E-state index in [1.807, 2.05) is 0 Å². The number of hydrogen-bond donors (Lipinski definition) is 4. The standard InChI is InChI=1S/C51H65NO16/c1-27(2)22-33(52-46(60)68-47(5,6)7)39(56)45(59)64-34-25-51(61)43(66-44(58)31-17-13-12-14-18-31)41-49(10,35(54)24-36-50(41,26-63-36)67-29(4)53)42(57)40(38(28(34)3)48(51,8)9)65-37(55)21-20-30-16-15-19-32(23-30)62-11/h12-19,22-23,33-36,39-41,43,54,56,61H,20-21,24-26H2,1-11H3,(H,52,60)/t33-,34-,35-,36+,39+,40+,41-,43-,49+,50-,51+/m0/s1. The summed E-state index contributed by atoms with van der Waals surface area (Å²) in [7, 11) is 1.51. The van der Waals surface area contributed by atoms with Crippen LogP contribution in [-0.2, 0) is 54.0 Å². The number of aryl methyl sites for hydroxylation is 1. The molecule has 4 N–H and O–H groups in total. The molecule has 0 radical (unpaired) electrons. The molecule has 370 valence electrons. The normalized spacial score (nSPS) is 30.2. The van der Waals surface area contributed by atoms with Crippen LogP contribution >= 0.6 is 0 Å². The van der Waals surface area contributed by atoms with Gasteiger partial charge in [0.05, 0.1) is 42.8 Å². The molecule has 0 spiro atoms. The molecule has 0 aromatic heterocycles. The fourth-order valence-electron chi connectivity index (χ4n) is 10.5. The van der Waals surface area contributed by atoms with Crippen LogP contribution < -0.4 is 10.1 Å². The highest BCUT2D eigenvalue weighted by Crippen LogP contribution is 2.64. The number of allylic oxidation sites excluding steroid dienone is 1. The largest absolute Gasteiger partial charge is 0.497 e. The average Bonchev–Trinajstić information content (AvgIpc) is 3.25. The predicted octanol–water partition coefficient (Wildman–Crippen LogP) is 5.05. The molecule has 2 bridgehead atoms. The van der Waals surface area contributed by atoms with E-state index in [1.165, 1.54) is 39.2 Å². The van der Waals surface area contributed by atoms with Crippen LogP contribution in [0.1, 0.15) is 104 Å². The lowest BCUT2D eigenvalue weighted by atomic mass is 9.44. The molecule has 1 saturated heterocycles. The molecule has 3 fully saturated rings. The summed E-state index contributed by atoms with van der Waals surface area (Å²) in [5, 5.41) is 40.3. The highest BCUT2D eigenvalue weighted by molar-refractivity contribution is 5.96. The van der Waals surface area contributed by atoms with Crippen molar-refractivity contribution in [1.29, 1.82) is 0 Å². The summed E-state index contributed by atoms with van der Waals surface area (Å²) in [5.74, 6) is -5.74. The predicted molar refractivity (Wildman–Crippen MR) is 243 cm³/mol. The van der Waals surface area contributed by atoms with Gasteiger partial charge >= 0.3 is 30.0 Å². The van der Waals surface area contributed by atoms with Gasteiger partial charge in [-0.05, 0) is 95.9 Å². The summed E-state index contributed by atoms with van der Waals surface area (Å²) in [6.07, 6.45) is -10.3. The van der Waals surface area contributed by atoms with Crippen molar-refractivity contribution in [3.8, 4) is 5.75 Å². The Kier molecular flexibility index (Phi) is 14.8. The van der Waals surface area contributed by atoms with E-state index in [0.29, 0.717) is 11.3 Å². The van der Waals surface area contributed by atoms with E-state index in [2.05, 4.69) is 5.32 Å². The minimum atomic E-state index is -2.43. The SMILES string of the molecule is COc1cccc(CCC(=O)O[C@H]2C(=O)[C@@]3(C)[C@H]([C@H](OC(=O)c4ccccc4)[C@]4(O)C[C@H](OC(=O)[C@H](O)[C@H](C=C(C)C)NC(=O)OC(C)(C)C)C(C)=C2C4(C)C)[C@]2(OC(C)=O)CO[C@@H]2C[C@@H]3O)c1. The first-order chi connectivity index (χ1) is 31.7. The second-order valence-corrected chi connectivity index (χ2v) is 20.3. The van der Waals surface area contributed by atoms with Gasteiger partial charge in [0.2, 0.25) is 0 Å². The van der Waals surface area contributed by atoms with Crippen molar-refractivity contribution in [2.24, 2.45) is 16.7 Å². The summed E-state index contributed by atoms with van der Waals surface area (Å²) in [6, 6.07) is 13.5. The lowest BCUT2D eigenvalue weighted by Crippen LogP contribution is -2.82. The number of carbonyl (C=O) groups excluding carboxylic acids is 6. The molecule has 1 aliphatic heterocycles. The number of ketones is 1. The molecule has 2 aromatic rings. The molecule has 2 aromatic carbocycles. The van der Waals surface area contributed by atoms with E-state index in [1.54, 1.807) is 90.9 Å². The van der Waals surface area contributed by atoms with Crippen LogP contribution in [0.25, 0.3) is 0 Å². The van der Waals surface area contributed by atoms with Gasteiger partial charge in [0, 0.05) is 31.6 Å². The van der Waals surface area contributed by atoms with Gasteiger partial charge in [-0.25, -0.2) is 14.4 Å². The summed E-state index contributed by atoms with van der Waals surface area (Å²) >= 11 is 0. The number of nitrogens with one attached hydrogen (secondary N) is 1. The van der Waals surface area contributed by atoms with Crippen molar-refractivity contribution in [1.82, 2.24) is 5.32 Å². The van der Waals surface area contributed by atoms with Gasteiger partial charge in [-0.15, -0.1) is 0 Å². The molecule has 2 saturated carbocycles. The maximum absolute atomic E-state index is 15.9. The Morgan fingerprint density at radius 2 is 1.65 bits per heavy atom. The topological polar surface area (TPSA) is 240 Å². The Morgan fingerprint density at radius 1 is 0.971 bits per heavy atom. The highest BCUT2D eigenvalue weighted by atomic mass is 16.6. The van der Waals surface area contributed by atoms with Crippen LogP contribution in [0.3, 0.4) is 0 Å². The molecule has 11 atom stereocenters. The summed E-state index contributed by atoms with van der Waals surface area (Å²) in [6.45, 7) is 15.2. The van der Waals surface area contributed by atoms with Gasteiger partial charge in [-0.1, -0.05) is 55.8 Å². The van der Waals surface area contributed by atoms with Gasteiger partial charge in [0.1, 0.15) is 35.3 Å². The number of esters is 4. The molecule has 17 nitrogen and oxygen atoms in total. The summed E-state index contributed by atoms with van der Waals surface area (Å²) < 4.78 is 41.6. The maximum Gasteiger partial charge on any atom is 0.408 e. The van der Waals surface area contributed by atoms with Gasteiger partial charge in [0.15, 0.2) is 23.6 Å². The van der Waals surface area contributed by atoms with Gasteiger partial charge < -0.3 is 53.8 Å². The number of Topliss-reactive ketones (excluding diaryl/α,β-unsaturated/α-hetero) is 1. The van der Waals surface area contributed by atoms with Crippen molar-refractivity contribution < 1.29 is 77.2 Å². The number of methoxy groups -OCH3 is 1. The Morgan fingerprint density at radius 3 is 2.24 bits per heavy atom. The second kappa shape index (κ2) is 19.4. The first kappa shape index (κ1) is 51.8. The molecule has 4 aliphatic rings. The zero-order valence-corrected chi connectivity index (χ0v) is 40.6. The first-order valence-corrected chi connectivity index (χ1v) is 22.8. The van der Waals surface area contributed by atoms with Crippen LogP contribution in [0.5, 0.6) is 5.75 Å². The van der Waals surface area contributed by atoms with E-state index in [0.717, 1.165) is 12.5 Å². The fraction of sp³-hybridized carbons (Fsp3) is 0.569. The first-order valence-electron chi connectivity index (χ1n) is 22.8. The number of carbonyl (C=O) groups is 6. The number of ether oxygens (including phenoxy) is 7. The molecule has 0 unspecified atom stereocenters. The quantitative estimate of drug-likeness (QED) is 0.117. The Balaban J connectivity index is 1.54.